The Morgan fingerprint density at radius 3 is 3.13 bits per heavy atom. The lowest BCUT2D eigenvalue weighted by Gasteiger charge is -2.00. The Hall–Kier alpha value is -1.35. The molecule has 1 aliphatic heterocycles. The van der Waals surface area contributed by atoms with Crippen LogP contribution >= 0.6 is 11.3 Å². The first-order valence-electron chi connectivity index (χ1n) is 5.13. The van der Waals surface area contributed by atoms with Gasteiger partial charge < -0.3 is 5.32 Å². The second-order valence-corrected chi connectivity index (χ2v) is 4.75. The zero-order valence-electron chi connectivity index (χ0n) is 8.58. The summed E-state index contributed by atoms with van der Waals surface area (Å²) in [4.78, 5) is 4.55. The molecule has 0 saturated carbocycles. The molecule has 2 heterocycles. The summed E-state index contributed by atoms with van der Waals surface area (Å²) in [5.41, 5.74) is 2.46. The van der Waals surface area contributed by atoms with Crippen molar-refractivity contribution in [3.8, 4) is 0 Å². The molecule has 2 aromatic rings. The van der Waals surface area contributed by atoms with Crippen LogP contribution in [0.15, 0.2) is 29.3 Å². The van der Waals surface area contributed by atoms with E-state index in [2.05, 4.69) is 41.5 Å². The van der Waals surface area contributed by atoms with Crippen molar-refractivity contribution in [3.63, 3.8) is 0 Å². The molecule has 1 aromatic heterocycles. The molecule has 0 bridgehead atoms. The van der Waals surface area contributed by atoms with Crippen molar-refractivity contribution in [2.45, 2.75) is 6.92 Å². The monoisotopic (exact) mass is 216 g/mol. The first kappa shape index (κ1) is 8.92. The molecule has 2 nitrogen and oxygen atoms in total. The van der Waals surface area contributed by atoms with Gasteiger partial charge in [0.15, 0.2) is 0 Å². The molecule has 3 rings (SSSR count). The molecule has 1 N–H and O–H groups in total. The molecule has 0 spiro atoms. The third kappa shape index (κ3) is 1.35. The van der Waals surface area contributed by atoms with Gasteiger partial charge in [0.05, 0.1) is 11.5 Å². The van der Waals surface area contributed by atoms with Crippen molar-refractivity contribution in [2.24, 2.45) is 4.99 Å². The molecule has 0 fully saturated rings. The Balaban J connectivity index is 2.36. The maximum absolute atomic E-state index is 4.55. The number of nitrogens with zero attached hydrogens (tertiary/aromatic N) is 1. The predicted octanol–water partition coefficient (Wildman–Crippen LogP) is 3.14. The molecular weight excluding hydrogens is 204 g/mol. The molecule has 3 heteroatoms. The quantitative estimate of drug-likeness (QED) is 0.719. The first-order valence-corrected chi connectivity index (χ1v) is 5.95. The highest BCUT2D eigenvalue weighted by Gasteiger charge is 2.15. The number of hydrogen-bond acceptors (Lipinski definition) is 3. The molecule has 0 atom stereocenters. The summed E-state index contributed by atoms with van der Waals surface area (Å²) in [6, 6.07) is 8.53. The van der Waals surface area contributed by atoms with Crippen molar-refractivity contribution < 1.29 is 0 Å². The zero-order chi connectivity index (χ0) is 10.3. The minimum Gasteiger partial charge on any atom is -0.374 e. The number of rotatable bonds is 0. The lowest BCUT2D eigenvalue weighted by molar-refractivity contribution is 1.04. The van der Waals surface area contributed by atoms with E-state index in [0.29, 0.717) is 0 Å². The molecule has 1 aromatic carbocycles. The van der Waals surface area contributed by atoms with Gasteiger partial charge in [0.2, 0.25) is 0 Å². The molecule has 76 valence electrons. The van der Waals surface area contributed by atoms with Gasteiger partial charge in [-0.25, -0.2) is 0 Å². The SMILES string of the molecule is CC1=NCCNc2sc3ccccc3c21. The van der Waals surface area contributed by atoms with Gasteiger partial charge in [-0.1, -0.05) is 18.2 Å². The van der Waals surface area contributed by atoms with E-state index in [1.807, 2.05) is 11.3 Å². The number of benzene rings is 1. The fraction of sp³-hybridized carbons (Fsp3) is 0.250. The van der Waals surface area contributed by atoms with Crippen LogP contribution in [-0.4, -0.2) is 18.8 Å². The second-order valence-electron chi connectivity index (χ2n) is 3.70. The fourth-order valence-electron chi connectivity index (χ4n) is 2.00. The molecule has 15 heavy (non-hydrogen) atoms. The third-order valence-corrected chi connectivity index (χ3v) is 3.83. The highest BCUT2D eigenvalue weighted by molar-refractivity contribution is 7.23. The van der Waals surface area contributed by atoms with Gasteiger partial charge in [-0.15, -0.1) is 11.3 Å². The Bertz CT molecular complexity index is 540. The van der Waals surface area contributed by atoms with Gasteiger partial charge in [-0.3, -0.25) is 4.99 Å². The van der Waals surface area contributed by atoms with Crippen LogP contribution in [-0.2, 0) is 0 Å². The van der Waals surface area contributed by atoms with Crippen LogP contribution in [0.1, 0.15) is 12.5 Å². The maximum Gasteiger partial charge on any atom is 0.0987 e. The van der Waals surface area contributed by atoms with Crippen LogP contribution in [0.25, 0.3) is 10.1 Å². The predicted molar refractivity (Wildman–Crippen MR) is 67.4 cm³/mol. The molecular formula is C12H12N2S. The van der Waals surface area contributed by atoms with E-state index in [0.717, 1.165) is 18.8 Å². The first-order chi connectivity index (χ1) is 7.36. The molecule has 0 radical (unpaired) electrons. The van der Waals surface area contributed by atoms with Crippen LogP contribution in [0, 0.1) is 0 Å². The Morgan fingerprint density at radius 2 is 2.20 bits per heavy atom. The van der Waals surface area contributed by atoms with E-state index in [4.69, 9.17) is 0 Å². The average Bonchev–Trinajstić information content (AvgIpc) is 2.53. The molecule has 0 amide bonds. The molecule has 0 saturated heterocycles. The Kier molecular flexibility index (Phi) is 1.99. The maximum atomic E-state index is 4.55. The van der Waals surface area contributed by atoms with E-state index in [1.54, 1.807) is 0 Å². The second kappa shape index (κ2) is 3.35. The number of thiophene rings is 1. The Labute approximate surface area is 92.7 Å². The van der Waals surface area contributed by atoms with Crippen LogP contribution in [0.3, 0.4) is 0 Å². The number of anilines is 1. The summed E-state index contributed by atoms with van der Waals surface area (Å²) in [7, 11) is 0. The minimum absolute atomic E-state index is 0.877. The largest absolute Gasteiger partial charge is 0.374 e. The summed E-state index contributed by atoms with van der Waals surface area (Å²) >= 11 is 1.82. The lowest BCUT2D eigenvalue weighted by atomic mass is 10.1. The van der Waals surface area contributed by atoms with E-state index in [1.165, 1.54) is 20.7 Å². The summed E-state index contributed by atoms with van der Waals surface area (Å²) in [5, 5.41) is 6.05. The fourth-order valence-corrected chi connectivity index (χ4v) is 3.18. The topological polar surface area (TPSA) is 24.4 Å². The summed E-state index contributed by atoms with van der Waals surface area (Å²) < 4.78 is 1.34. The van der Waals surface area contributed by atoms with Gasteiger partial charge in [0.1, 0.15) is 0 Å². The van der Waals surface area contributed by atoms with Gasteiger partial charge in [0.25, 0.3) is 0 Å². The molecule has 0 aliphatic carbocycles. The number of hydrogen-bond donors (Lipinski definition) is 1. The average molecular weight is 216 g/mol. The van der Waals surface area contributed by atoms with Crippen LogP contribution < -0.4 is 5.32 Å². The summed E-state index contributed by atoms with van der Waals surface area (Å²) in [5.74, 6) is 0. The van der Waals surface area contributed by atoms with Crippen molar-refractivity contribution in [1.82, 2.24) is 0 Å². The highest BCUT2D eigenvalue weighted by atomic mass is 32.1. The number of nitrogens with one attached hydrogen (secondary N) is 1. The van der Waals surface area contributed by atoms with Crippen molar-refractivity contribution in [3.05, 3.63) is 29.8 Å². The van der Waals surface area contributed by atoms with Crippen molar-refractivity contribution in [1.29, 1.82) is 0 Å². The van der Waals surface area contributed by atoms with E-state index in [9.17, 15) is 0 Å². The molecule has 1 aliphatic rings. The van der Waals surface area contributed by atoms with Gasteiger partial charge in [-0.05, 0) is 13.0 Å². The van der Waals surface area contributed by atoms with E-state index in [-0.39, 0.29) is 0 Å². The van der Waals surface area contributed by atoms with Gasteiger partial charge in [-0.2, -0.15) is 0 Å². The smallest absolute Gasteiger partial charge is 0.0987 e. The van der Waals surface area contributed by atoms with Gasteiger partial charge in [0, 0.05) is 27.9 Å². The summed E-state index contributed by atoms with van der Waals surface area (Å²) in [6.45, 7) is 3.92. The van der Waals surface area contributed by atoms with Crippen molar-refractivity contribution in [2.75, 3.05) is 18.4 Å². The van der Waals surface area contributed by atoms with Crippen LogP contribution in [0.2, 0.25) is 0 Å². The van der Waals surface area contributed by atoms with Crippen LogP contribution in [0.4, 0.5) is 5.00 Å². The number of fused-ring (bicyclic) bond motifs is 3. The third-order valence-electron chi connectivity index (χ3n) is 2.70. The Morgan fingerprint density at radius 1 is 1.33 bits per heavy atom. The van der Waals surface area contributed by atoms with E-state index >= 15 is 0 Å². The van der Waals surface area contributed by atoms with Gasteiger partial charge >= 0.3 is 0 Å². The zero-order valence-corrected chi connectivity index (χ0v) is 9.40. The number of aliphatic imine (C=N–C) groups is 1. The van der Waals surface area contributed by atoms with Crippen LogP contribution in [0.5, 0.6) is 0 Å². The van der Waals surface area contributed by atoms with E-state index < -0.39 is 0 Å². The standard InChI is InChI=1S/C12H12N2S/c1-8-11-9-4-2-3-5-10(9)15-12(11)14-7-6-13-8/h2-5,14H,6-7H2,1H3. The molecule has 0 unspecified atom stereocenters. The normalized spacial score (nSPS) is 15.4. The minimum atomic E-state index is 0.877. The highest BCUT2D eigenvalue weighted by Crippen LogP contribution is 2.36. The lowest BCUT2D eigenvalue weighted by Crippen LogP contribution is -2.01. The van der Waals surface area contributed by atoms with Crippen molar-refractivity contribution >= 4 is 32.1 Å². The summed E-state index contributed by atoms with van der Waals surface area (Å²) in [6.07, 6.45) is 0.